The van der Waals surface area contributed by atoms with Crippen LogP contribution < -0.4 is 19.9 Å². The van der Waals surface area contributed by atoms with E-state index < -0.39 is 134 Å². The van der Waals surface area contributed by atoms with Crippen molar-refractivity contribution in [1.82, 2.24) is 24.7 Å². The number of carboxylic acid groups (broad SMARTS) is 9. The number of hydrogen-bond acceptors (Lipinski definition) is 24. The van der Waals surface area contributed by atoms with Crippen LogP contribution >= 0.6 is 11.6 Å². The first-order chi connectivity index (χ1) is 68.5. The number of rotatable bonds is 25. The van der Waals surface area contributed by atoms with Crippen molar-refractivity contribution in [3.8, 4) is 5.75 Å². The largest absolute Gasteiger partial charge is 0.497 e. The number of pyridine rings is 1. The van der Waals surface area contributed by atoms with E-state index >= 15 is 0 Å². The summed E-state index contributed by atoms with van der Waals surface area (Å²) in [5, 5.41) is 87.0. The molecule has 12 aromatic rings. The Balaban J connectivity index is 0.000000137. The number of carboxylic acids is 9. The van der Waals surface area contributed by atoms with Crippen molar-refractivity contribution >= 4 is 142 Å². The Hall–Kier alpha value is -15.1. The average molecular weight is 2040 g/mol. The number of nitrogens with one attached hydrogen (secondary N) is 2. The van der Waals surface area contributed by atoms with E-state index in [0.717, 1.165) is 145 Å². The van der Waals surface area contributed by atoms with Crippen LogP contribution in [0.15, 0.2) is 225 Å². The number of carbonyl (C=O) groups is 10. The summed E-state index contributed by atoms with van der Waals surface area (Å²) in [7, 11) is -5.14. The Bertz CT molecular complexity index is 7250. The normalized spacial score (nSPS) is 17.1. The molecule has 5 heterocycles. The molecule has 0 amide bonds. The monoisotopic (exact) mass is 2040 g/mol. The van der Waals surface area contributed by atoms with Gasteiger partial charge >= 0.3 is 65.4 Å². The first-order valence-corrected chi connectivity index (χ1v) is 50.8. The molecule has 1 aliphatic heterocycles. The molecule has 11 N–H and O–H groups in total. The number of benzene rings is 8. The van der Waals surface area contributed by atoms with E-state index in [-0.39, 0.29) is 23.7 Å². The SMILES string of the molecule is CC(C)(C)OC(=O)Cn1c(=O)oc2ccc(C3(C(=O)O)CC3)cc21.COc1ccc(C2(C(=O)O)CC2)cc1.CS(=O)(=O)Nc1cc(C2(C(=O)O)CC2)ccc1Cl.CS(=O)(=O)Nc1ccc(C2(C(=O)O)CC2)cc1.Cc1noc2ccc(CC(=O)O)cc12.O=C(O)C1(c2ccc3c(c2)C=NC3)CC1.O=C(O)C1(c2ccccc2)CCCCC1.O=C(O)C1(c2ccccn2)CC1.O=C(O)C1(c2cnc3ccccc3n2)CC1. The van der Waals surface area contributed by atoms with Gasteiger partial charge in [-0.25, -0.2) is 26.6 Å². The third kappa shape index (κ3) is 25.4. The highest BCUT2D eigenvalue weighted by Crippen LogP contribution is 2.54. The molecule has 0 unspecified atom stereocenters. The van der Waals surface area contributed by atoms with Gasteiger partial charge in [0.15, 0.2) is 11.2 Å². The fraction of sp³-hybridized carbons (Fsp3) is 0.358. The molecule has 9 aliphatic rings. The summed E-state index contributed by atoms with van der Waals surface area (Å²) in [6.07, 6.45) is 21.3. The molecule has 39 heteroatoms. The second kappa shape index (κ2) is 43.2. The minimum absolute atomic E-state index is 0.0283. The average Bonchev–Trinajstić information content (AvgIpc) is 1.60. The van der Waals surface area contributed by atoms with Gasteiger partial charge in [0, 0.05) is 23.5 Å². The number of aromatic nitrogens is 5. The smallest absolute Gasteiger partial charge is 0.420 e. The number of fused-ring (bicyclic) bond motifs is 4. The summed E-state index contributed by atoms with van der Waals surface area (Å²) in [5.74, 6) is -7.52. The lowest BCUT2D eigenvalue weighted by atomic mass is 9.69. The van der Waals surface area contributed by atoms with Crippen LogP contribution in [0, 0.1) is 6.92 Å². The van der Waals surface area contributed by atoms with E-state index in [1.165, 1.54) is 28.7 Å². The number of aryl methyl sites for hydroxylation is 1. The molecule has 0 atom stereocenters. The van der Waals surface area contributed by atoms with Gasteiger partial charge in [-0.05, 0) is 271 Å². The number of hydrogen-bond donors (Lipinski definition) is 11. The van der Waals surface area contributed by atoms with E-state index in [9.17, 15) is 90.0 Å². The molecule has 8 aromatic carbocycles. The lowest BCUT2D eigenvalue weighted by Gasteiger charge is -2.33. The molecule has 8 aliphatic carbocycles. The molecular formula is C106H111ClN8O28S2. The number of ether oxygens (including phenoxy) is 2. The number of halogens is 1. The second-order valence-electron chi connectivity index (χ2n) is 38.5. The van der Waals surface area contributed by atoms with Gasteiger partial charge in [0.1, 0.15) is 28.7 Å². The number of anilines is 2. The van der Waals surface area contributed by atoms with Gasteiger partial charge in [0.2, 0.25) is 20.0 Å². The maximum Gasteiger partial charge on any atom is 0.420 e. The number of oxazole rings is 1. The molecule has 21 rings (SSSR count). The molecule has 4 aromatic heterocycles. The Morgan fingerprint density at radius 1 is 0.469 bits per heavy atom. The van der Waals surface area contributed by atoms with Crippen LogP contribution in [0.1, 0.15) is 210 Å². The molecular weight excluding hydrogens is 1930 g/mol. The highest BCUT2D eigenvalue weighted by molar-refractivity contribution is 7.92. The molecule has 145 heavy (non-hydrogen) atoms. The summed E-state index contributed by atoms with van der Waals surface area (Å²) in [4.78, 5) is 141. The third-order valence-corrected chi connectivity index (χ3v) is 28.6. The lowest BCUT2D eigenvalue weighted by molar-refractivity contribution is -0.156. The first kappa shape index (κ1) is 107. The molecule has 0 spiro atoms. The number of esters is 1. The van der Waals surface area contributed by atoms with Crippen LogP contribution in [0.5, 0.6) is 5.75 Å². The topological polar surface area (TPSA) is 576 Å². The Morgan fingerprint density at radius 3 is 1.41 bits per heavy atom. The minimum atomic E-state index is -3.44. The zero-order chi connectivity index (χ0) is 105. The number of carbonyl (C=O) groups excluding carboxylic acids is 1. The molecule has 8 saturated carbocycles. The zero-order valence-electron chi connectivity index (χ0n) is 80.4. The van der Waals surface area contributed by atoms with Crippen LogP contribution in [0.3, 0.4) is 0 Å². The van der Waals surface area contributed by atoms with E-state index in [1.807, 2.05) is 104 Å². The van der Waals surface area contributed by atoms with Crippen LogP contribution in [-0.4, -0.2) is 179 Å². The Morgan fingerprint density at radius 2 is 0.917 bits per heavy atom. The maximum absolute atomic E-state index is 12.0. The van der Waals surface area contributed by atoms with Crippen molar-refractivity contribution < 1.29 is 129 Å². The summed E-state index contributed by atoms with van der Waals surface area (Å²) in [6.45, 7) is 7.49. The van der Waals surface area contributed by atoms with Gasteiger partial charge < -0.3 is 64.4 Å². The van der Waals surface area contributed by atoms with Crippen molar-refractivity contribution in [2.45, 2.75) is 218 Å². The molecule has 0 saturated heterocycles. The molecule has 8 fully saturated rings. The highest BCUT2D eigenvalue weighted by Gasteiger charge is 2.57. The zero-order valence-corrected chi connectivity index (χ0v) is 82.8. The van der Waals surface area contributed by atoms with Gasteiger partial charge in [-0.3, -0.25) is 76.9 Å². The van der Waals surface area contributed by atoms with Gasteiger partial charge in [-0.15, -0.1) is 0 Å². The second-order valence-corrected chi connectivity index (χ2v) is 42.4. The van der Waals surface area contributed by atoms with Crippen molar-refractivity contribution in [2.24, 2.45) is 4.99 Å². The van der Waals surface area contributed by atoms with Crippen molar-refractivity contribution in [3.63, 3.8) is 0 Å². The lowest BCUT2D eigenvalue weighted by Crippen LogP contribution is -2.37. The molecule has 762 valence electrons. The fourth-order valence-electron chi connectivity index (χ4n) is 17.4. The predicted octanol–water partition coefficient (Wildman–Crippen LogP) is 16.3. The molecule has 0 radical (unpaired) electrons. The highest BCUT2D eigenvalue weighted by atomic mass is 35.5. The van der Waals surface area contributed by atoms with Crippen molar-refractivity contribution in [3.05, 3.63) is 289 Å². The minimum Gasteiger partial charge on any atom is -0.497 e. The summed E-state index contributed by atoms with van der Waals surface area (Å²) < 4.78 is 70.5. The number of sulfonamides is 2. The van der Waals surface area contributed by atoms with E-state index in [4.69, 9.17) is 55.5 Å². The number of aliphatic imine (C=N–C) groups is 1. The maximum atomic E-state index is 12.0. The van der Waals surface area contributed by atoms with Crippen LogP contribution in [0.25, 0.3) is 33.1 Å². The number of methoxy groups -OCH3 is 1. The van der Waals surface area contributed by atoms with E-state index in [1.54, 1.807) is 131 Å². The van der Waals surface area contributed by atoms with Crippen molar-refractivity contribution in [1.29, 1.82) is 0 Å². The number of aliphatic carboxylic acids is 9. The van der Waals surface area contributed by atoms with Crippen LogP contribution in [-0.2, 0) is 136 Å². The van der Waals surface area contributed by atoms with E-state index in [2.05, 4.69) is 34.5 Å². The number of para-hydroxylation sites is 2. The predicted molar refractivity (Wildman–Crippen MR) is 534 cm³/mol. The summed E-state index contributed by atoms with van der Waals surface area (Å²) in [6, 6.07) is 57.0. The van der Waals surface area contributed by atoms with Gasteiger partial charge in [-0.1, -0.05) is 139 Å². The van der Waals surface area contributed by atoms with E-state index in [0.29, 0.717) is 96.3 Å². The Labute approximate surface area is 838 Å². The molecule has 36 nitrogen and oxygen atoms in total. The summed E-state index contributed by atoms with van der Waals surface area (Å²) >= 11 is 5.88. The Kier molecular flexibility index (Phi) is 32.0. The quantitative estimate of drug-likeness (QED) is 0.0237. The third-order valence-electron chi connectivity index (χ3n) is 27.0. The fourth-order valence-corrected chi connectivity index (χ4v) is 18.8. The standard InChI is InChI=1S/C17H19NO6.C13H16O2.C12H10N2O2.C12H11NO2.C11H12ClNO4S.C11H13NO4S.C11H12O3.C10H9NO3.C9H9NO2/c1-16(2,3)24-13(19)9-18-11-8-10(17(6-7-17)14(20)21)4-5-12(11)23-15(18)22;14-12(15)13(9-5-2-6-10-13)11-7-3-1-4-8-11;15-11(16)12(5-6-12)10-7-13-8-3-1-2-4-9(8)14-10;14-11(15)12(3-4-12)10-2-1-8-6-13-7-9(8)5-10;1-18(16,17)13-9-6-7(2-3-8(9)12)11(4-5-11)10(14)15;1-17(15,16)12-9-4-2-8(3-5-9)11(6-7-11)10(13)14;1-14-9-4-2-8(3-5-9)11(6-7-11)10(12)13;1-6-8-4-7(5-10(12)13)2-3-9(8)14-11-6;11-8(12)9(4-5-9)7-3-1-2-6-10-7/h4-5,8H,6-7,9H2,1-3H3,(H,20,21);1,3-4,7-8H,2,5-6,9-10H2,(H,14,15);1-4,7H,5-6H2,(H,15,16);1-2,5,7H,3-4,6H2,(H,14,15);2-3,6,13H,4-5H2,1H3,(H,14,15);2-5,12H,6-7H2,1H3,(H,13,14);2-5H,6-7H2,1H3,(H,12,13);2-4H,5H2,1H3,(H,12,13);1-3,6H,4-5H2,(H,11,12). The van der Waals surface area contributed by atoms with Gasteiger partial charge in [0.05, 0.1) is 116 Å². The summed E-state index contributed by atoms with van der Waals surface area (Å²) in [5.41, 5.74) is 7.01. The van der Waals surface area contributed by atoms with Gasteiger partial charge in [-0.2, -0.15) is 0 Å². The first-order valence-electron chi connectivity index (χ1n) is 46.6. The number of nitrogens with zero attached hydrogens (tertiary/aromatic N) is 6. The van der Waals surface area contributed by atoms with Crippen LogP contribution in [0.4, 0.5) is 11.4 Å². The van der Waals surface area contributed by atoms with Gasteiger partial charge in [0.25, 0.3) is 0 Å². The molecule has 0 bridgehead atoms. The van der Waals surface area contributed by atoms with Crippen molar-refractivity contribution in [2.75, 3.05) is 29.1 Å². The van der Waals surface area contributed by atoms with Crippen LogP contribution in [0.2, 0.25) is 5.02 Å².